The molecule has 0 unspecified atom stereocenters. The lowest BCUT2D eigenvalue weighted by atomic mass is 9.85. The van der Waals surface area contributed by atoms with Crippen molar-refractivity contribution < 1.29 is 28.5 Å². The molecule has 1 rings (SSSR count). The van der Waals surface area contributed by atoms with E-state index in [1.807, 2.05) is 20.8 Å². The summed E-state index contributed by atoms with van der Waals surface area (Å²) in [7, 11) is 0. The predicted octanol–water partition coefficient (Wildman–Crippen LogP) is 2.48. The lowest BCUT2D eigenvalue weighted by molar-refractivity contribution is -0.158. The molecule has 0 aliphatic carbocycles. The summed E-state index contributed by atoms with van der Waals surface area (Å²) in [6, 6.07) is 0. The molecular weight excluding hydrogens is 300 g/mol. The average Bonchev–Trinajstić information content (AvgIpc) is 2.74. The highest BCUT2D eigenvalue weighted by Gasteiger charge is 2.52. The first-order chi connectivity index (χ1) is 10.7. The lowest BCUT2D eigenvalue weighted by Crippen LogP contribution is -2.44. The molecule has 0 N–H and O–H groups in total. The Morgan fingerprint density at radius 1 is 1.09 bits per heavy atom. The Morgan fingerprint density at radius 2 is 1.74 bits per heavy atom. The fourth-order valence-corrected chi connectivity index (χ4v) is 2.64. The van der Waals surface area contributed by atoms with E-state index in [0.29, 0.717) is 6.61 Å². The van der Waals surface area contributed by atoms with E-state index in [1.54, 1.807) is 0 Å². The molecule has 0 aromatic carbocycles. The van der Waals surface area contributed by atoms with Gasteiger partial charge in [-0.2, -0.15) is 0 Å². The largest absolute Gasteiger partial charge is 0.463 e. The van der Waals surface area contributed by atoms with E-state index in [4.69, 9.17) is 18.9 Å². The highest BCUT2D eigenvalue weighted by atomic mass is 16.6. The highest BCUT2D eigenvalue weighted by Crippen LogP contribution is 2.37. The Hall–Kier alpha value is -1.14. The van der Waals surface area contributed by atoms with Crippen molar-refractivity contribution in [2.24, 2.45) is 5.41 Å². The number of carbonyl (C=O) groups is 2. The van der Waals surface area contributed by atoms with Gasteiger partial charge in [0.15, 0.2) is 6.10 Å². The summed E-state index contributed by atoms with van der Waals surface area (Å²) in [5.41, 5.74) is -0.239. The monoisotopic (exact) mass is 330 g/mol. The molecule has 0 saturated carbocycles. The van der Waals surface area contributed by atoms with Crippen LogP contribution in [0.1, 0.15) is 54.4 Å². The van der Waals surface area contributed by atoms with Gasteiger partial charge in [0, 0.05) is 20.5 Å². The minimum absolute atomic E-state index is 0.0937. The molecule has 1 aliphatic heterocycles. The molecule has 134 valence electrons. The molecule has 6 heteroatoms. The molecular formula is C17H30O6. The van der Waals surface area contributed by atoms with Crippen LogP contribution in [0.3, 0.4) is 0 Å². The van der Waals surface area contributed by atoms with E-state index < -0.39 is 18.3 Å². The van der Waals surface area contributed by atoms with Crippen LogP contribution in [0.15, 0.2) is 0 Å². The fraction of sp³-hybridized carbons (Fsp3) is 0.882. The maximum atomic E-state index is 11.5. The summed E-state index contributed by atoms with van der Waals surface area (Å²) in [5.74, 6) is -0.741. The Labute approximate surface area is 138 Å². The van der Waals surface area contributed by atoms with Crippen LogP contribution in [0.25, 0.3) is 0 Å². The molecule has 1 heterocycles. The van der Waals surface area contributed by atoms with Crippen molar-refractivity contribution in [1.29, 1.82) is 0 Å². The Kier molecular flexibility index (Phi) is 7.48. The summed E-state index contributed by atoms with van der Waals surface area (Å²) in [4.78, 5) is 22.6. The number of hydrogen-bond acceptors (Lipinski definition) is 6. The van der Waals surface area contributed by atoms with Crippen molar-refractivity contribution in [3.05, 3.63) is 0 Å². The summed E-state index contributed by atoms with van der Waals surface area (Å²) in [6.07, 6.45) is 0.203. The molecule has 1 fully saturated rings. The van der Waals surface area contributed by atoms with Gasteiger partial charge in [0.25, 0.3) is 0 Å². The molecule has 23 heavy (non-hydrogen) atoms. The third-order valence-electron chi connectivity index (χ3n) is 3.72. The number of rotatable bonds is 7. The first kappa shape index (κ1) is 19.9. The third kappa shape index (κ3) is 6.11. The molecule has 0 spiro atoms. The van der Waals surface area contributed by atoms with E-state index in [1.165, 1.54) is 13.8 Å². The molecule has 6 nitrogen and oxygen atoms in total. The van der Waals surface area contributed by atoms with E-state index >= 15 is 0 Å². The molecule has 0 bridgehead atoms. The maximum absolute atomic E-state index is 11.5. The van der Waals surface area contributed by atoms with Crippen LogP contribution in [0, 0.1) is 5.41 Å². The normalized spacial score (nSPS) is 27.7. The minimum atomic E-state index is -0.509. The SMILES string of the molecule is CCCCO[C@@H]1[C@@H](OC(C)=O)[C@H](C(C)(C)C)O[C@@H]1COC(C)=O. The van der Waals surface area contributed by atoms with Crippen LogP contribution in [0.4, 0.5) is 0 Å². The molecule has 0 radical (unpaired) electrons. The van der Waals surface area contributed by atoms with Gasteiger partial charge in [0.2, 0.25) is 0 Å². The smallest absolute Gasteiger partial charge is 0.303 e. The van der Waals surface area contributed by atoms with Crippen molar-refractivity contribution in [2.45, 2.75) is 78.8 Å². The van der Waals surface area contributed by atoms with Gasteiger partial charge in [-0.25, -0.2) is 0 Å². The first-order valence-electron chi connectivity index (χ1n) is 8.24. The number of esters is 2. The van der Waals surface area contributed by atoms with Crippen LogP contribution in [0.5, 0.6) is 0 Å². The second-order valence-electron chi connectivity index (χ2n) is 7.03. The van der Waals surface area contributed by atoms with Crippen LogP contribution in [-0.2, 0) is 28.5 Å². The summed E-state index contributed by atoms with van der Waals surface area (Å²) < 4.78 is 22.6. The Bertz CT molecular complexity index is 400. The van der Waals surface area contributed by atoms with Gasteiger partial charge >= 0.3 is 11.9 Å². The van der Waals surface area contributed by atoms with E-state index in [0.717, 1.165) is 12.8 Å². The van der Waals surface area contributed by atoms with Crippen molar-refractivity contribution in [2.75, 3.05) is 13.2 Å². The van der Waals surface area contributed by atoms with Gasteiger partial charge < -0.3 is 18.9 Å². The van der Waals surface area contributed by atoms with Crippen LogP contribution in [-0.4, -0.2) is 49.6 Å². The van der Waals surface area contributed by atoms with E-state index in [2.05, 4.69) is 6.92 Å². The molecule has 1 saturated heterocycles. The van der Waals surface area contributed by atoms with Crippen molar-refractivity contribution in [1.82, 2.24) is 0 Å². The van der Waals surface area contributed by atoms with Crippen LogP contribution >= 0.6 is 0 Å². The number of hydrogen-bond donors (Lipinski definition) is 0. The highest BCUT2D eigenvalue weighted by molar-refractivity contribution is 5.66. The van der Waals surface area contributed by atoms with Gasteiger partial charge in [-0.3, -0.25) is 9.59 Å². The molecule has 1 aliphatic rings. The van der Waals surface area contributed by atoms with Gasteiger partial charge in [0.1, 0.15) is 24.9 Å². The predicted molar refractivity (Wildman–Crippen MR) is 85.0 cm³/mol. The van der Waals surface area contributed by atoms with Gasteiger partial charge in [0.05, 0.1) is 0 Å². The number of carbonyl (C=O) groups excluding carboxylic acids is 2. The zero-order valence-corrected chi connectivity index (χ0v) is 15.1. The number of unbranched alkanes of at least 4 members (excludes halogenated alkanes) is 1. The number of ether oxygens (including phenoxy) is 4. The van der Waals surface area contributed by atoms with E-state index in [-0.39, 0.29) is 30.1 Å². The van der Waals surface area contributed by atoms with E-state index in [9.17, 15) is 9.59 Å². The standard InChI is InChI=1S/C17H30O6/c1-7-8-9-20-14-13(10-21-11(2)18)23-16(17(4,5)6)15(14)22-12(3)19/h13-16H,7-10H2,1-6H3/t13-,14+,15-,16-/m1/s1. The second-order valence-corrected chi connectivity index (χ2v) is 7.03. The van der Waals surface area contributed by atoms with Crippen LogP contribution < -0.4 is 0 Å². The second kappa shape index (κ2) is 8.64. The van der Waals surface area contributed by atoms with Gasteiger partial charge in [-0.05, 0) is 11.8 Å². The molecule has 0 amide bonds. The van der Waals surface area contributed by atoms with Crippen molar-refractivity contribution in [3.63, 3.8) is 0 Å². The van der Waals surface area contributed by atoms with Crippen molar-refractivity contribution >= 4 is 11.9 Å². The third-order valence-corrected chi connectivity index (χ3v) is 3.72. The van der Waals surface area contributed by atoms with Crippen molar-refractivity contribution in [3.8, 4) is 0 Å². The first-order valence-corrected chi connectivity index (χ1v) is 8.24. The van der Waals surface area contributed by atoms with Crippen LogP contribution in [0.2, 0.25) is 0 Å². The van der Waals surface area contributed by atoms with Gasteiger partial charge in [-0.15, -0.1) is 0 Å². The maximum Gasteiger partial charge on any atom is 0.303 e. The fourth-order valence-electron chi connectivity index (χ4n) is 2.64. The molecule has 0 aromatic heterocycles. The molecule has 4 atom stereocenters. The lowest BCUT2D eigenvalue weighted by Gasteiger charge is -2.31. The molecule has 0 aromatic rings. The Morgan fingerprint density at radius 3 is 2.22 bits per heavy atom. The topological polar surface area (TPSA) is 71.1 Å². The zero-order valence-electron chi connectivity index (χ0n) is 15.1. The summed E-state index contributed by atoms with van der Waals surface area (Å²) in [6.45, 7) is 11.5. The Balaban J connectivity index is 2.93. The quantitative estimate of drug-likeness (QED) is 0.527. The zero-order chi connectivity index (χ0) is 17.6. The average molecular weight is 330 g/mol. The van der Waals surface area contributed by atoms with Gasteiger partial charge in [-0.1, -0.05) is 34.1 Å². The summed E-state index contributed by atoms with van der Waals surface area (Å²) >= 11 is 0. The minimum Gasteiger partial charge on any atom is -0.463 e. The summed E-state index contributed by atoms with van der Waals surface area (Å²) in [5, 5.41) is 0.